The summed E-state index contributed by atoms with van der Waals surface area (Å²) >= 11 is 2.05. The van der Waals surface area contributed by atoms with E-state index in [1.54, 1.807) is 0 Å². The van der Waals surface area contributed by atoms with E-state index >= 15 is 0 Å². The van der Waals surface area contributed by atoms with Crippen LogP contribution in [0.3, 0.4) is 0 Å². The fourth-order valence-electron chi connectivity index (χ4n) is 6.23. The lowest BCUT2D eigenvalue weighted by Gasteiger charge is -2.29. The average molecular weight is 753 g/mol. The first-order chi connectivity index (χ1) is 25.7. The highest BCUT2D eigenvalue weighted by molar-refractivity contribution is 7.99. The van der Waals surface area contributed by atoms with Gasteiger partial charge in [-0.1, -0.05) is 108 Å². The van der Waals surface area contributed by atoms with E-state index < -0.39 is 7.26 Å². The number of hydrogen-bond acceptors (Lipinski definition) is 5. The summed E-state index contributed by atoms with van der Waals surface area (Å²) < 4.78 is 18.1. The molecule has 284 valence electrons. The van der Waals surface area contributed by atoms with E-state index in [-0.39, 0.29) is 5.41 Å². The van der Waals surface area contributed by atoms with Crippen LogP contribution in [0.15, 0.2) is 152 Å². The average Bonchev–Trinajstić information content (AvgIpc) is 3.17. The number of hydrogen-bond donors (Lipinski definition) is 0. The molecule has 0 saturated heterocycles. The molecular weight excluding hydrogens is 690 g/mol. The Morgan fingerprint density at radius 2 is 1.36 bits per heavy atom. The highest BCUT2D eigenvalue weighted by atomic mass is 32.2. The first-order valence-corrected chi connectivity index (χ1v) is 22.0. The van der Waals surface area contributed by atoms with Gasteiger partial charge in [-0.05, 0) is 96.5 Å². The lowest BCUT2D eigenvalue weighted by molar-refractivity contribution is 0.0836. The van der Waals surface area contributed by atoms with Gasteiger partial charge in [-0.3, -0.25) is 4.90 Å². The SMILES string of the molecule is C=C/C=C(\C=C)[P+](CCCOc1ccc(CN(C)CCOCCOc2ccc(C(C)(C)CSCCCC)cc2)cc1)(/C(C=C)=C/C=C)c1ccccc1. The number of nitrogens with zero attached hydrogens (tertiary/aromatic N) is 1. The molecule has 0 N–H and O–H groups in total. The number of ether oxygens (including phenoxy) is 3. The van der Waals surface area contributed by atoms with Crippen molar-refractivity contribution in [2.45, 2.75) is 52.0 Å². The molecule has 0 heterocycles. The molecule has 0 atom stereocenters. The molecule has 0 saturated carbocycles. The summed E-state index contributed by atoms with van der Waals surface area (Å²) in [5.41, 5.74) is 2.74. The number of unbranched alkanes of at least 4 members (excludes halogenated alkanes) is 1. The Hall–Kier alpha value is -3.60. The van der Waals surface area contributed by atoms with E-state index in [0.29, 0.717) is 26.4 Å². The van der Waals surface area contributed by atoms with E-state index in [1.807, 2.05) is 36.1 Å². The molecule has 3 aromatic rings. The molecule has 0 aliphatic rings. The minimum absolute atomic E-state index is 0.153. The fourth-order valence-corrected chi connectivity index (χ4v) is 11.8. The zero-order valence-electron chi connectivity index (χ0n) is 32.8. The largest absolute Gasteiger partial charge is 0.493 e. The molecule has 0 spiro atoms. The number of thioether (sulfide) groups is 1. The summed E-state index contributed by atoms with van der Waals surface area (Å²) in [7, 11) is 0.0708. The van der Waals surface area contributed by atoms with Crippen LogP contribution in [0.5, 0.6) is 11.5 Å². The van der Waals surface area contributed by atoms with Crippen molar-refractivity contribution in [1.29, 1.82) is 0 Å². The standard InChI is InChI=1S/C47H63NO3PS/c1-9-14-37-53-39-47(6,7)41-25-29-43(30-26-41)51-35-34-49-33-31-48(8)38-40-23-27-42(28-24-40)50-32-18-36-52(44(12-4)19-10-2,45(13-5)20-11-3)46-21-16-15-17-22-46/h10-13,15-17,19-30H,2-5,9,14,18,31-39H2,1,6-8H3/q+1/b44-19+,45-20+. The van der Waals surface area contributed by atoms with Gasteiger partial charge in [0.25, 0.3) is 0 Å². The second-order valence-corrected chi connectivity index (χ2v) is 18.5. The van der Waals surface area contributed by atoms with E-state index in [1.165, 1.54) is 45.7 Å². The molecule has 0 unspecified atom stereocenters. The van der Waals surface area contributed by atoms with Crippen molar-refractivity contribution in [3.63, 3.8) is 0 Å². The van der Waals surface area contributed by atoms with Crippen molar-refractivity contribution in [1.82, 2.24) is 4.90 Å². The molecule has 3 rings (SSSR count). The quantitative estimate of drug-likeness (QED) is 0.0440. The number of benzene rings is 3. The van der Waals surface area contributed by atoms with Gasteiger partial charge < -0.3 is 14.2 Å². The van der Waals surface area contributed by atoms with Gasteiger partial charge in [-0.2, -0.15) is 11.8 Å². The van der Waals surface area contributed by atoms with Gasteiger partial charge in [0, 0.05) is 25.3 Å². The zero-order valence-corrected chi connectivity index (χ0v) is 34.5. The van der Waals surface area contributed by atoms with Crippen molar-refractivity contribution in [3.8, 4) is 11.5 Å². The summed E-state index contributed by atoms with van der Waals surface area (Å²) in [5, 5.41) is 3.62. The molecule has 0 bridgehead atoms. The molecule has 0 aromatic heterocycles. The molecule has 0 amide bonds. The third kappa shape index (κ3) is 14.0. The van der Waals surface area contributed by atoms with E-state index in [0.717, 1.165) is 42.9 Å². The van der Waals surface area contributed by atoms with Crippen LogP contribution in [0.25, 0.3) is 0 Å². The Morgan fingerprint density at radius 1 is 0.755 bits per heavy atom. The second kappa shape index (κ2) is 23.9. The highest BCUT2D eigenvalue weighted by Gasteiger charge is 2.46. The molecule has 0 aliphatic carbocycles. The summed E-state index contributed by atoms with van der Waals surface area (Å²) in [4.78, 5) is 2.27. The Labute approximate surface area is 326 Å². The molecule has 0 fully saturated rings. The van der Waals surface area contributed by atoms with E-state index in [2.05, 4.69) is 150 Å². The first kappa shape index (κ1) is 43.8. The van der Waals surface area contributed by atoms with Crippen LogP contribution in [0, 0.1) is 0 Å². The minimum atomic E-state index is -2.05. The van der Waals surface area contributed by atoms with E-state index in [4.69, 9.17) is 14.2 Å². The normalized spacial score (nSPS) is 13.3. The summed E-state index contributed by atoms with van der Waals surface area (Å²) in [5.74, 6) is 4.13. The van der Waals surface area contributed by atoms with Gasteiger partial charge in [0.05, 0.1) is 26.0 Å². The summed E-state index contributed by atoms with van der Waals surface area (Å²) in [6.07, 6.45) is 16.1. The summed E-state index contributed by atoms with van der Waals surface area (Å²) in [6.45, 7) is 27.3. The minimum Gasteiger partial charge on any atom is -0.493 e. The molecule has 4 nitrogen and oxygen atoms in total. The van der Waals surface area contributed by atoms with Crippen LogP contribution in [0.1, 0.15) is 51.2 Å². The third-order valence-corrected chi connectivity index (χ3v) is 15.3. The molecule has 53 heavy (non-hydrogen) atoms. The van der Waals surface area contributed by atoms with Crippen molar-refractivity contribution in [2.24, 2.45) is 0 Å². The second-order valence-electron chi connectivity index (χ2n) is 13.8. The van der Waals surface area contributed by atoms with Crippen molar-refractivity contribution >= 4 is 24.3 Å². The van der Waals surface area contributed by atoms with Gasteiger partial charge in [0.2, 0.25) is 0 Å². The van der Waals surface area contributed by atoms with Crippen molar-refractivity contribution < 1.29 is 14.2 Å². The van der Waals surface area contributed by atoms with Gasteiger partial charge in [0.1, 0.15) is 41.3 Å². The predicted molar refractivity (Wildman–Crippen MR) is 236 cm³/mol. The van der Waals surface area contributed by atoms with Crippen LogP contribution in [0.2, 0.25) is 0 Å². The Morgan fingerprint density at radius 3 is 1.94 bits per heavy atom. The van der Waals surface area contributed by atoms with Gasteiger partial charge in [0.15, 0.2) is 0 Å². The maximum absolute atomic E-state index is 6.26. The van der Waals surface area contributed by atoms with Gasteiger partial charge in [-0.15, -0.1) is 0 Å². The topological polar surface area (TPSA) is 30.9 Å². The fraction of sp³-hybridized carbons (Fsp3) is 0.362. The lowest BCUT2D eigenvalue weighted by Crippen LogP contribution is -2.23. The number of allylic oxidation sites excluding steroid dienone is 8. The van der Waals surface area contributed by atoms with Crippen LogP contribution >= 0.6 is 19.0 Å². The Bertz CT molecular complexity index is 1560. The van der Waals surface area contributed by atoms with Crippen LogP contribution in [-0.2, 0) is 16.7 Å². The molecule has 0 radical (unpaired) electrons. The van der Waals surface area contributed by atoms with Crippen molar-refractivity contribution in [3.05, 3.63) is 163 Å². The molecule has 6 heteroatoms. The monoisotopic (exact) mass is 752 g/mol. The maximum Gasteiger partial charge on any atom is 0.119 e. The third-order valence-electron chi connectivity index (χ3n) is 9.21. The zero-order chi connectivity index (χ0) is 38.4. The maximum atomic E-state index is 6.26. The van der Waals surface area contributed by atoms with E-state index in [9.17, 15) is 0 Å². The Kier molecular flexibility index (Phi) is 19.8. The Balaban J connectivity index is 1.42. The number of likely N-dealkylation sites (N-methyl/N-ethyl adjacent to an activating group) is 1. The van der Waals surface area contributed by atoms with Gasteiger partial charge >= 0.3 is 0 Å². The summed E-state index contributed by atoms with van der Waals surface area (Å²) in [6, 6.07) is 27.7. The first-order valence-electron chi connectivity index (χ1n) is 18.9. The van der Waals surface area contributed by atoms with Gasteiger partial charge in [-0.25, -0.2) is 0 Å². The molecular formula is C47H63NO3PS+. The molecule has 3 aromatic carbocycles. The number of rotatable bonds is 27. The smallest absolute Gasteiger partial charge is 0.119 e. The van der Waals surface area contributed by atoms with Crippen LogP contribution in [-0.4, -0.2) is 62.6 Å². The van der Waals surface area contributed by atoms with Crippen LogP contribution < -0.4 is 14.8 Å². The predicted octanol–water partition coefficient (Wildman–Crippen LogP) is 11.6. The van der Waals surface area contributed by atoms with Crippen molar-refractivity contribution in [2.75, 3.05) is 57.7 Å². The lowest BCUT2D eigenvalue weighted by atomic mass is 9.87. The molecule has 0 aliphatic heterocycles. The van der Waals surface area contributed by atoms with Crippen LogP contribution in [0.4, 0.5) is 0 Å². The highest BCUT2D eigenvalue weighted by Crippen LogP contribution is 2.71.